The van der Waals surface area contributed by atoms with Gasteiger partial charge in [0.2, 0.25) is 0 Å². The van der Waals surface area contributed by atoms with Crippen molar-refractivity contribution in [2.75, 3.05) is 17.2 Å². The predicted octanol–water partition coefficient (Wildman–Crippen LogP) is 4.23. The Balaban J connectivity index is 2.39. The van der Waals surface area contributed by atoms with E-state index in [1.54, 1.807) is 29.2 Å². The Kier molecular flexibility index (Phi) is 4.96. The van der Waals surface area contributed by atoms with Gasteiger partial charge in [0.25, 0.3) is 5.91 Å². The molecule has 0 saturated heterocycles. The van der Waals surface area contributed by atoms with Crippen molar-refractivity contribution in [3.63, 3.8) is 0 Å². The summed E-state index contributed by atoms with van der Waals surface area (Å²) in [6.07, 6.45) is 0.795. The zero-order chi connectivity index (χ0) is 15.4. The summed E-state index contributed by atoms with van der Waals surface area (Å²) >= 11 is 3.30. The van der Waals surface area contributed by atoms with E-state index in [0.717, 1.165) is 12.1 Å². The smallest absolute Gasteiger partial charge is 0.259 e. The van der Waals surface area contributed by atoms with Crippen molar-refractivity contribution >= 4 is 33.2 Å². The second kappa shape index (κ2) is 6.72. The van der Waals surface area contributed by atoms with Gasteiger partial charge in [0, 0.05) is 22.4 Å². The van der Waals surface area contributed by atoms with Gasteiger partial charge >= 0.3 is 0 Å². The van der Waals surface area contributed by atoms with Crippen molar-refractivity contribution in [1.82, 2.24) is 0 Å². The summed E-state index contributed by atoms with van der Waals surface area (Å²) in [5.74, 6) is -0.677. The van der Waals surface area contributed by atoms with E-state index < -0.39 is 5.82 Å². The highest BCUT2D eigenvalue weighted by molar-refractivity contribution is 9.10. The van der Waals surface area contributed by atoms with Crippen molar-refractivity contribution < 1.29 is 9.18 Å². The maximum atomic E-state index is 13.4. The highest BCUT2D eigenvalue weighted by Crippen LogP contribution is 2.24. The molecule has 0 aliphatic rings. The van der Waals surface area contributed by atoms with Crippen molar-refractivity contribution in [3.05, 3.63) is 58.3 Å². The van der Waals surface area contributed by atoms with E-state index in [1.165, 1.54) is 18.2 Å². The Labute approximate surface area is 131 Å². The molecule has 0 bridgehead atoms. The van der Waals surface area contributed by atoms with E-state index in [4.69, 9.17) is 5.73 Å². The summed E-state index contributed by atoms with van der Waals surface area (Å²) in [7, 11) is 0. The van der Waals surface area contributed by atoms with Crippen LogP contribution in [0.4, 0.5) is 15.8 Å². The molecule has 5 heteroatoms. The average molecular weight is 351 g/mol. The number of nitrogens with zero attached hydrogens (tertiary/aromatic N) is 1. The van der Waals surface area contributed by atoms with Crippen LogP contribution in [0.5, 0.6) is 0 Å². The van der Waals surface area contributed by atoms with Gasteiger partial charge in [0.15, 0.2) is 0 Å². The van der Waals surface area contributed by atoms with Crippen LogP contribution in [-0.4, -0.2) is 12.5 Å². The van der Waals surface area contributed by atoms with Gasteiger partial charge in [-0.05, 0) is 64.8 Å². The van der Waals surface area contributed by atoms with E-state index in [-0.39, 0.29) is 5.91 Å². The molecular formula is C16H16BrFN2O. The molecule has 0 heterocycles. The van der Waals surface area contributed by atoms with E-state index >= 15 is 0 Å². The van der Waals surface area contributed by atoms with E-state index in [2.05, 4.69) is 15.9 Å². The second-order valence-corrected chi connectivity index (χ2v) is 5.53. The Morgan fingerprint density at radius 1 is 1.24 bits per heavy atom. The maximum Gasteiger partial charge on any atom is 0.259 e. The standard InChI is InChI=1S/C16H16BrFN2O/c1-2-9-20(13-6-4-12(19)5-7-13)16(21)14-10-11(18)3-8-15(14)17/h3-8,10H,2,9,19H2,1H3. The molecular weight excluding hydrogens is 335 g/mol. The molecule has 2 aromatic rings. The van der Waals surface area contributed by atoms with Gasteiger partial charge in [0.05, 0.1) is 5.56 Å². The number of benzene rings is 2. The average Bonchev–Trinajstić information content (AvgIpc) is 2.48. The quantitative estimate of drug-likeness (QED) is 0.838. The molecule has 110 valence electrons. The Morgan fingerprint density at radius 2 is 1.90 bits per heavy atom. The van der Waals surface area contributed by atoms with Crippen LogP contribution < -0.4 is 10.6 Å². The molecule has 0 aliphatic carbocycles. The third-order valence-corrected chi connectivity index (χ3v) is 3.75. The molecule has 21 heavy (non-hydrogen) atoms. The Hall–Kier alpha value is -1.88. The summed E-state index contributed by atoms with van der Waals surface area (Å²) in [5.41, 5.74) is 7.35. The van der Waals surface area contributed by atoms with Gasteiger partial charge in [-0.25, -0.2) is 4.39 Å². The van der Waals surface area contributed by atoms with Gasteiger partial charge in [-0.1, -0.05) is 6.92 Å². The second-order valence-electron chi connectivity index (χ2n) is 4.67. The molecule has 0 atom stereocenters. The largest absolute Gasteiger partial charge is 0.399 e. The third-order valence-electron chi connectivity index (χ3n) is 3.06. The monoisotopic (exact) mass is 350 g/mol. The normalized spacial score (nSPS) is 10.4. The Bertz CT molecular complexity index is 643. The molecule has 0 spiro atoms. The fourth-order valence-corrected chi connectivity index (χ4v) is 2.45. The van der Waals surface area contributed by atoms with Gasteiger partial charge in [-0.3, -0.25) is 4.79 Å². The van der Waals surface area contributed by atoms with Crippen LogP contribution >= 0.6 is 15.9 Å². The first kappa shape index (κ1) is 15.5. The van der Waals surface area contributed by atoms with Gasteiger partial charge < -0.3 is 10.6 Å². The fraction of sp³-hybridized carbons (Fsp3) is 0.188. The number of halogens is 2. The predicted molar refractivity (Wildman–Crippen MR) is 86.9 cm³/mol. The van der Waals surface area contributed by atoms with Crippen LogP contribution in [0.3, 0.4) is 0 Å². The first-order valence-electron chi connectivity index (χ1n) is 6.65. The maximum absolute atomic E-state index is 13.4. The van der Waals surface area contributed by atoms with Crippen LogP contribution in [0.25, 0.3) is 0 Å². The van der Waals surface area contributed by atoms with Crippen LogP contribution in [0.15, 0.2) is 46.9 Å². The van der Waals surface area contributed by atoms with E-state index in [0.29, 0.717) is 22.3 Å². The number of rotatable bonds is 4. The number of hydrogen-bond acceptors (Lipinski definition) is 2. The zero-order valence-electron chi connectivity index (χ0n) is 11.6. The molecule has 1 amide bonds. The molecule has 0 aliphatic heterocycles. The molecule has 0 unspecified atom stereocenters. The molecule has 0 saturated carbocycles. The van der Waals surface area contributed by atoms with Crippen LogP contribution in [0.2, 0.25) is 0 Å². The van der Waals surface area contributed by atoms with E-state index in [1.807, 2.05) is 6.92 Å². The van der Waals surface area contributed by atoms with Crippen LogP contribution in [0.1, 0.15) is 23.7 Å². The topological polar surface area (TPSA) is 46.3 Å². The summed E-state index contributed by atoms with van der Waals surface area (Å²) in [5, 5.41) is 0. The highest BCUT2D eigenvalue weighted by atomic mass is 79.9. The molecule has 2 rings (SSSR count). The number of anilines is 2. The lowest BCUT2D eigenvalue weighted by atomic mass is 10.1. The van der Waals surface area contributed by atoms with Gasteiger partial charge in [0.1, 0.15) is 5.82 Å². The zero-order valence-corrected chi connectivity index (χ0v) is 13.2. The Morgan fingerprint density at radius 3 is 2.52 bits per heavy atom. The van der Waals surface area contributed by atoms with Crippen LogP contribution in [0, 0.1) is 5.82 Å². The first-order chi connectivity index (χ1) is 10.0. The molecule has 0 radical (unpaired) electrons. The molecule has 3 nitrogen and oxygen atoms in total. The number of carbonyl (C=O) groups is 1. The van der Waals surface area contributed by atoms with Gasteiger partial charge in [-0.2, -0.15) is 0 Å². The minimum Gasteiger partial charge on any atom is -0.399 e. The summed E-state index contributed by atoms with van der Waals surface area (Å²) < 4.78 is 14.0. The summed E-state index contributed by atoms with van der Waals surface area (Å²) in [6.45, 7) is 2.53. The number of hydrogen-bond donors (Lipinski definition) is 1. The number of amides is 1. The summed E-state index contributed by atoms with van der Waals surface area (Å²) in [4.78, 5) is 14.3. The first-order valence-corrected chi connectivity index (χ1v) is 7.44. The molecule has 0 fully saturated rings. The minimum atomic E-state index is -0.435. The third kappa shape index (κ3) is 3.61. The molecule has 0 aromatic heterocycles. The SMILES string of the molecule is CCCN(C(=O)c1cc(F)ccc1Br)c1ccc(N)cc1. The number of nitrogen functional groups attached to an aromatic ring is 1. The summed E-state index contributed by atoms with van der Waals surface area (Å²) in [6, 6.07) is 11.2. The number of carbonyl (C=O) groups excluding carboxylic acids is 1. The van der Waals surface area contributed by atoms with Crippen molar-refractivity contribution in [2.24, 2.45) is 0 Å². The van der Waals surface area contributed by atoms with Crippen molar-refractivity contribution in [1.29, 1.82) is 0 Å². The lowest BCUT2D eigenvalue weighted by molar-refractivity contribution is 0.0985. The lowest BCUT2D eigenvalue weighted by Gasteiger charge is -2.23. The number of nitrogens with two attached hydrogens (primary N) is 1. The lowest BCUT2D eigenvalue weighted by Crippen LogP contribution is -2.32. The minimum absolute atomic E-state index is 0.243. The fourth-order valence-electron chi connectivity index (χ4n) is 2.03. The van der Waals surface area contributed by atoms with Gasteiger partial charge in [-0.15, -0.1) is 0 Å². The van der Waals surface area contributed by atoms with Crippen molar-refractivity contribution in [3.8, 4) is 0 Å². The molecule has 2 N–H and O–H groups in total. The van der Waals surface area contributed by atoms with E-state index in [9.17, 15) is 9.18 Å². The van der Waals surface area contributed by atoms with Crippen LogP contribution in [-0.2, 0) is 0 Å². The van der Waals surface area contributed by atoms with Crippen molar-refractivity contribution in [2.45, 2.75) is 13.3 Å². The highest BCUT2D eigenvalue weighted by Gasteiger charge is 2.19. The molecule has 2 aromatic carbocycles.